The van der Waals surface area contributed by atoms with Crippen molar-refractivity contribution in [3.63, 3.8) is 0 Å². The Balaban J connectivity index is 0.00000106. The summed E-state index contributed by atoms with van der Waals surface area (Å²) in [5.41, 5.74) is 2.63. The highest BCUT2D eigenvalue weighted by Crippen LogP contribution is 2.22. The Hall–Kier alpha value is -2.30. The maximum Gasteiger partial charge on any atom is 0.321 e. The highest BCUT2D eigenvalue weighted by atomic mass is 16.2. The van der Waals surface area contributed by atoms with E-state index in [2.05, 4.69) is 10.3 Å². The lowest BCUT2D eigenvalue weighted by Crippen LogP contribution is -2.27. The topological polar surface area (TPSA) is 50.2 Å². The average molecular weight is 288 g/mol. The summed E-state index contributed by atoms with van der Waals surface area (Å²) in [6.45, 7) is 7.89. The molecule has 0 bridgehead atoms. The fraction of sp³-hybridized carbons (Fsp3) is 0.375. The first-order valence-electron chi connectivity index (χ1n) is 7.09. The van der Waals surface area contributed by atoms with Crippen molar-refractivity contribution < 1.29 is 4.79 Å². The molecular weight excluding hydrogens is 264 g/mol. The number of hydrogen-bond acceptors (Lipinski definition) is 2. The molecular formula is C16H24N4O. The first kappa shape index (κ1) is 16.8. The van der Waals surface area contributed by atoms with Crippen molar-refractivity contribution in [2.24, 2.45) is 0 Å². The molecule has 5 heteroatoms. The van der Waals surface area contributed by atoms with Crippen LogP contribution in [0.15, 0.2) is 30.5 Å². The van der Waals surface area contributed by atoms with Gasteiger partial charge in [-0.25, -0.2) is 9.78 Å². The number of aromatic nitrogens is 2. The Morgan fingerprint density at radius 3 is 2.33 bits per heavy atom. The van der Waals surface area contributed by atoms with Gasteiger partial charge in [-0.3, -0.25) is 0 Å². The first-order chi connectivity index (χ1) is 9.99. The molecule has 114 valence electrons. The van der Waals surface area contributed by atoms with Crippen LogP contribution in [0.3, 0.4) is 0 Å². The third-order valence-corrected chi connectivity index (χ3v) is 2.81. The van der Waals surface area contributed by atoms with E-state index in [1.165, 1.54) is 4.90 Å². The lowest BCUT2D eigenvalue weighted by molar-refractivity contribution is 0.230. The zero-order valence-corrected chi connectivity index (χ0v) is 13.6. The van der Waals surface area contributed by atoms with Gasteiger partial charge in [0, 0.05) is 20.3 Å². The molecule has 0 spiro atoms. The van der Waals surface area contributed by atoms with E-state index >= 15 is 0 Å². The summed E-state index contributed by atoms with van der Waals surface area (Å²) in [6, 6.07) is 7.52. The minimum atomic E-state index is -0.151. The van der Waals surface area contributed by atoms with E-state index in [0.29, 0.717) is 0 Å². The zero-order chi connectivity index (χ0) is 16.0. The van der Waals surface area contributed by atoms with E-state index in [1.807, 2.05) is 62.7 Å². The van der Waals surface area contributed by atoms with E-state index in [9.17, 15) is 4.79 Å². The zero-order valence-electron chi connectivity index (χ0n) is 13.6. The van der Waals surface area contributed by atoms with Gasteiger partial charge >= 0.3 is 6.03 Å². The third kappa shape index (κ3) is 4.08. The largest absolute Gasteiger partial charge is 0.331 e. The van der Waals surface area contributed by atoms with Crippen LogP contribution in [-0.4, -0.2) is 34.6 Å². The van der Waals surface area contributed by atoms with E-state index in [4.69, 9.17) is 0 Å². The summed E-state index contributed by atoms with van der Waals surface area (Å²) < 4.78 is 1.97. The molecule has 0 unspecified atom stereocenters. The van der Waals surface area contributed by atoms with Gasteiger partial charge in [0.25, 0.3) is 0 Å². The van der Waals surface area contributed by atoms with Gasteiger partial charge in [-0.05, 0) is 26.0 Å². The Morgan fingerprint density at radius 2 is 1.81 bits per heavy atom. The van der Waals surface area contributed by atoms with Gasteiger partial charge in [0.05, 0.1) is 17.1 Å². The Bertz CT molecular complexity index is 602. The maximum atomic E-state index is 11.8. The molecule has 0 aliphatic heterocycles. The fourth-order valence-electron chi connectivity index (χ4n) is 1.88. The van der Waals surface area contributed by atoms with Crippen molar-refractivity contribution in [2.45, 2.75) is 27.7 Å². The summed E-state index contributed by atoms with van der Waals surface area (Å²) in [6.07, 6.45) is 1.95. The van der Waals surface area contributed by atoms with Crippen molar-refractivity contribution in [1.82, 2.24) is 14.5 Å². The standard InChI is InChI=1S/C14H18N4O.C2H6/c1-10-9-18(11(2)15-10)13-8-6-5-7-12(13)16-14(19)17(3)4;1-2/h5-9H,1-4H3,(H,16,19);1-2H3. The summed E-state index contributed by atoms with van der Waals surface area (Å²) in [5.74, 6) is 0.893. The van der Waals surface area contributed by atoms with Gasteiger partial charge in [-0.2, -0.15) is 0 Å². The van der Waals surface area contributed by atoms with Crippen molar-refractivity contribution in [1.29, 1.82) is 0 Å². The normalized spacial score (nSPS) is 9.62. The lowest BCUT2D eigenvalue weighted by atomic mass is 10.2. The van der Waals surface area contributed by atoms with Crippen molar-refractivity contribution in [3.8, 4) is 5.69 Å². The number of rotatable bonds is 2. The molecule has 2 rings (SSSR count). The summed E-state index contributed by atoms with van der Waals surface area (Å²) in [5, 5.41) is 2.88. The first-order valence-corrected chi connectivity index (χ1v) is 7.09. The van der Waals surface area contributed by atoms with Crippen LogP contribution in [0.2, 0.25) is 0 Å². The van der Waals surface area contributed by atoms with Crippen LogP contribution >= 0.6 is 0 Å². The second-order valence-corrected chi connectivity index (χ2v) is 4.64. The Morgan fingerprint density at radius 1 is 1.19 bits per heavy atom. The molecule has 1 aromatic heterocycles. The summed E-state index contributed by atoms with van der Waals surface area (Å²) >= 11 is 0. The number of urea groups is 1. The molecule has 1 N–H and O–H groups in total. The molecule has 0 atom stereocenters. The highest BCUT2D eigenvalue weighted by Gasteiger charge is 2.11. The van der Waals surface area contributed by atoms with Gasteiger partial charge in [-0.15, -0.1) is 0 Å². The van der Waals surface area contributed by atoms with Crippen LogP contribution in [0.1, 0.15) is 25.4 Å². The summed E-state index contributed by atoms with van der Waals surface area (Å²) in [4.78, 5) is 17.7. The number of amides is 2. The molecule has 0 radical (unpaired) electrons. The Labute approximate surface area is 126 Å². The number of para-hydroxylation sites is 2. The van der Waals surface area contributed by atoms with Gasteiger partial charge in [0.2, 0.25) is 0 Å². The predicted octanol–water partition coefficient (Wildman–Crippen LogP) is 3.61. The van der Waals surface area contributed by atoms with Gasteiger partial charge < -0.3 is 14.8 Å². The summed E-state index contributed by atoms with van der Waals surface area (Å²) in [7, 11) is 3.43. The van der Waals surface area contributed by atoms with E-state index in [0.717, 1.165) is 22.9 Å². The number of aryl methyl sites for hydroxylation is 2. The van der Waals surface area contributed by atoms with E-state index < -0.39 is 0 Å². The van der Waals surface area contributed by atoms with Crippen LogP contribution < -0.4 is 5.32 Å². The second-order valence-electron chi connectivity index (χ2n) is 4.64. The number of anilines is 1. The van der Waals surface area contributed by atoms with Gasteiger partial charge in [-0.1, -0.05) is 26.0 Å². The monoisotopic (exact) mass is 288 g/mol. The number of imidazole rings is 1. The molecule has 5 nitrogen and oxygen atoms in total. The molecule has 1 aromatic carbocycles. The number of hydrogen-bond donors (Lipinski definition) is 1. The Kier molecular flexibility index (Phi) is 5.96. The van der Waals surface area contributed by atoms with Crippen LogP contribution in [0.4, 0.5) is 10.5 Å². The maximum absolute atomic E-state index is 11.8. The van der Waals surface area contributed by atoms with Crippen LogP contribution in [-0.2, 0) is 0 Å². The van der Waals surface area contributed by atoms with E-state index in [1.54, 1.807) is 14.1 Å². The second kappa shape index (κ2) is 7.47. The number of nitrogens with one attached hydrogen (secondary N) is 1. The predicted molar refractivity (Wildman–Crippen MR) is 87.1 cm³/mol. The van der Waals surface area contributed by atoms with Gasteiger partial charge in [0.15, 0.2) is 0 Å². The van der Waals surface area contributed by atoms with Crippen molar-refractivity contribution in [2.75, 3.05) is 19.4 Å². The molecule has 2 amide bonds. The van der Waals surface area contributed by atoms with Crippen LogP contribution in [0.5, 0.6) is 0 Å². The molecule has 0 aliphatic rings. The third-order valence-electron chi connectivity index (χ3n) is 2.81. The molecule has 0 saturated heterocycles. The number of carbonyl (C=O) groups excluding carboxylic acids is 1. The number of benzene rings is 1. The number of carbonyl (C=O) groups is 1. The van der Waals surface area contributed by atoms with Gasteiger partial charge in [0.1, 0.15) is 5.82 Å². The molecule has 21 heavy (non-hydrogen) atoms. The molecule has 1 heterocycles. The molecule has 2 aromatic rings. The minimum absolute atomic E-state index is 0.151. The quantitative estimate of drug-likeness (QED) is 0.917. The SMILES string of the molecule is CC.Cc1cn(-c2ccccc2NC(=O)N(C)C)c(C)n1. The lowest BCUT2D eigenvalue weighted by Gasteiger charge is -2.16. The van der Waals surface area contributed by atoms with Crippen LogP contribution in [0.25, 0.3) is 5.69 Å². The molecule has 0 saturated carbocycles. The minimum Gasteiger partial charge on any atom is -0.331 e. The van der Waals surface area contributed by atoms with Crippen molar-refractivity contribution >= 4 is 11.7 Å². The molecule has 0 aliphatic carbocycles. The fourth-order valence-corrected chi connectivity index (χ4v) is 1.88. The van der Waals surface area contributed by atoms with Crippen molar-refractivity contribution in [3.05, 3.63) is 42.0 Å². The van der Waals surface area contributed by atoms with E-state index in [-0.39, 0.29) is 6.03 Å². The van der Waals surface area contributed by atoms with Crippen LogP contribution in [0, 0.1) is 13.8 Å². The average Bonchev–Trinajstić information content (AvgIpc) is 2.80. The smallest absolute Gasteiger partial charge is 0.321 e. The molecule has 0 fully saturated rings. The number of nitrogens with zero attached hydrogens (tertiary/aromatic N) is 3. The highest BCUT2D eigenvalue weighted by molar-refractivity contribution is 5.91.